The normalized spacial score (nSPS) is 16.7. The number of hydrogen-bond donors (Lipinski definition) is 2. The van der Waals surface area contributed by atoms with E-state index in [-0.39, 0.29) is 5.23 Å². The van der Waals surface area contributed by atoms with Crippen molar-refractivity contribution in [1.29, 1.82) is 0 Å². The number of allylic oxidation sites excluding steroid dienone is 2. The Balaban J connectivity index is 2.31. The third-order valence-electron chi connectivity index (χ3n) is 0.644. The van der Waals surface area contributed by atoms with Crippen molar-refractivity contribution in [1.82, 2.24) is 5.23 Å². The fourth-order valence-corrected chi connectivity index (χ4v) is 0.209. The van der Waals surface area contributed by atoms with Crippen LogP contribution < -0.4 is 0 Å². The van der Waals surface area contributed by atoms with Crippen molar-refractivity contribution in [3.8, 4) is 0 Å². The Hall–Kier alpha value is -0.540. The molecule has 0 aromatic heterocycles. The molecule has 0 heterocycles. The molecule has 34 valence electrons. The van der Waals surface area contributed by atoms with Gasteiger partial charge in [-0.1, -0.05) is 6.08 Å². The summed E-state index contributed by atoms with van der Waals surface area (Å²) in [6.45, 7) is 0. The molecule has 0 radical (unpaired) electrons. The van der Waals surface area contributed by atoms with E-state index in [0.29, 0.717) is 12.1 Å². The zero-order valence-electron chi connectivity index (χ0n) is 3.13. The molecule has 0 spiro atoms. The van der Waals surface area contributed by atoms with E-state index in [4.69, 9.17) is 10.4 Å². The van der Waals surface area contributed by atoms with Gasteiger partial charge in [0.25, 0.3) is 0 Å². The van der Waals surface area contributed by atoms with Gasteiger partial charge >= 0.3 is 0 Å². The van der Waals surface area contributed by atoms with Crippen LogP contribution in [0.5, 0.6) is 0 Å². The molecule has 2 N–H and O–H groups in total. The van der Waals surface area contributed by atoms with Gasteiger partial charge < -0.3 is 0 Å². The SMILES string of the molecule is ON(O)C1=CC1. The van der Waals surface area contributed by atoms with Gasteiger partial charge in [-0.3, -0.25) is 10.4 Å². The van der Waals surface area contributed by atoms with Gasteiger partial charge in [0.05, 0.1) is 5.70 Å². The summed E-state index contributed by atoms with van der Waals surface area (Å²) in [5.41, 5.74) is 0.579. The van der Waals surface area contributed by atoms with Crippen molar-refractivity contribution in [2.75, 3.05) is 0 Å². The molecule has 0 amide bonds. The third kappa shape index (κ3) is 0.502. The standard InChI is InChI=1S/C3H5NO2/c5-4(6)3-1-2-3/h1,5-6H,2H2. The average molecular weight is 87.1 g/mol. The van der Waals surface area contributed by atoms with Crippen LogP contribution in [0.25, 0.3) is 0 Å². The minimum absolute atomic E-state index is 0.139. The molecule has 0 bridgehead atoms. The fraction of sp³-hybridized carbons (Fsp3) is 0.333. The van der Waals surface area contributed by atoms with E-state index < -0.39 is 0 Å². The van der Waals surface area contributed by atoms with Crippen molar-refractivity contribution >= 4 is 0 Å². The zero-order chi connectivity index (χ0) is 4.57. The van der Waals surface area contributed by atoms with Crippen molar-refractivity contribution < 1.29 is 10.4 Å². The molecule has 0 saturated heterocycles. The quantitative estimate of drug-likeness (QED) is 0.453. The van der Waals surface area contributed by atoms with Gasteiger partial charge in [-0.15, -0.1) is 5.23 Å². The Labute approximate surface area is 35.0 Å². The molecule has 0 unspecified atom stereocenters. The summed E-state index contributed by atoms with van der Waals surface area (Å²) in [6.07, 6.45) is 2.42. The summed E-state index contributed by atoms with van der Waals surface area (Å²) < 4.78 is 0. The molecular formula is C3H5NO2. The summed E-state index contributed by atoms with van der Waals surface area (Å²) in [7, 11) is 0. The average Bonchev–Trinajstić information content (AvgIpc) is 2.06. The molecule has 1 rings (SSSR count). The topological polar surface area (TPSA) is 43.7 Å². The van der Waals surface area contributed by atoms with E-state index in [2.05, 4.69) is 0 Å². The van der Waals surface area contributed by atoms with Crippen LogP contribution in [0, 0.1) is 0 Å². The molecule has 0 aromatic carbocycles. The summed E-state index contributed by atoms with van der Waals surface area (Å²) >= 11 is 0. The molecule has 0 aliphatic heterocycles. The van der Waals surface area contributed by atoms with E-state index in [1.165, 1.54) is 0 Å². The molecule has 0 saturated carbocycles. The monoisotopic (exact) mass is 87.0 g/mol. The third-order valence-corrected chi connectivity index (χ3v) is 0.644. The van der Waals surface area contributed by atoms with Gasteiger partial charge in [0.15, 0.2) is 0 Å². The maximum Gasteiger partial charge on any atom is 0.0719 e. The van der Waals surface area contributed by atoms with E-state index in [9.17, 15) is 0 Å². The highest BCUT2D eigenvalue weighted by molar-refractivity contribution is 5.16. The second-order valence-corrected chi connectivity index (χ2v) is 1.19. The van der Waals surface area contributed by atoms with Crippen LogP contribution in [0.3, 0.4) is 0 Å². The van der Waals surface area contributed by atoms with Crippen molar-refractivity contribution in [2.24, 2.45) is 0 Å². The summed E-state index contributed by atoms with van der Waals surface area (Å²) in [4.78, 5) is 0. The lowest BCUT2D eigenvalue weighted by Crippen LogP contribution is -2.04. The number of nitrogens with zero attached hydrogens (tertiary/aromatic N) is 1. The van der Waals surface area contributed by atoms with Crippen LogP contribution in [0.4, 0.5) is 0 Å². The first-order valence-corrected chi connectivity index (χ1v) is 1.67. The van der Waals surface area contributed by atoms with Crippen LogP contribution in [0.1, 0.15) is 6.42 Å². The van der Waals surface area contributed by atoms with E-state index in [1.54, 1.807) is 6.08 Å². The summed E-state index contributed by atoms with van der Waals surface area (Å²) in [5, 5.41) is 16.2. The largest absolute Gasteiger partial charge is 0.264 e. The van der Waals surface area contributed by atoms with Gasteiger partial charge in [-0.25, -0.2) is 0 Å². The van der Waals surface area contributed by atoms with Crippen molar-refractivity contribution in [3.63, 3.8) is 0 Å². The molecular weight excluding hydrogens is 82.0 g/mol. The fourth-order valence-electron chi connectivity index (χ4n) is 0.209. The number of hydroxylamine groups is 2. The van der Waals surface area contributed by atoms with Crippen LogP contribution in [-0.4, -0.2) is 15.6 Å². The minimum atomic E-state index is 0.139. The molecule has 1 aliphatic carbocycles. The first-order chi connectivity index (χ1) is 2.80. The van der Waals surface area contributed by atoms with E-state index in [0.717, 1.165) is 0 Å². The lowest BCUT2D eigenvalue weighted by Gasteiger charge is -1.97. The minimum Gasteiger partial charge on any atom is -0.264 e. The second kappa shape index (κ2) is 0.959. The Morgan fingerprint density at radius 2 is 2.17 bits per heavy atom. The Morgan fingerprint density at radius 1 is 1.67 bits per heavy atom. The van der Waals surface area contributed by atoms with Crippen LogP contribution in [0.2, 0.25) is 0 Å². The highest BCUT2D eigenvalue weighted by atomic mass is 16.8. The Kier molecular flexibility index (Phi) is 0.583. The lowest BCUT2D eigenvalue weighted by atomic mass is 10.8. The predicted octanol–water partition coefficient (Wildman–Crippen LogP) is 0.354. The highest BCUT2D eigenvalue weighted by Gasteiger charge is 2.11. The maximum atomic E-state index is 8.01. The van der Waals surface area contributed by atoms with Gasteiger partial charge in [0, 0.05) is 6.42 Å². The molecule has 3 nitrogen and oxygen atoms in total. The van der Waals surface area contributed by atoms with Gasteiger partial charge in [0.1, 0.15) is 0 Å². The van der Waals surface area contributed by atoms with E-state index in [1.807, 2.05) is 0 Å². The second-order valence-electron chi connectivity index (χ2n) is 1.19. The summed E-state index contributed by atoms with van der Waals surface area (Å²) in [5.74, 6) is 0. The van der Waals surface area contributed by atoms with Crippen molar-refractivity contribution in [2.45, 2.75) is 6.42 Å². The molecule has 3 heteroatoms. The van der Waals surface area contributed by atoms with Crippen molar-refractivity contribution in [3.05, 3.63) is 11.8 Å². The maximum absolute atomic E-state index is 8.01. The lowest BCUT2D eigenvalue weighted by molar-refractivity contribution is -0.274. The highest BCUT2D eigenvalue weighted by Crippen LogP contribution is 2.18. The number of rotatable bonds is 1. The van der Waals surface area contributed by atoms with E-state index >= 15 is 0 Å². The molecule has 0 fully saturated rings. The predicted molar refractivity (Wildman–Crippen MR) is 18.1 cm³/mol. The first-order valence-electron chi connectivity index (χ1n) is 1.67. The number of hydrogen-bond acceptors (Lipinski definition) is 3. The van der Waals surface area contributed by atoms with Gasteiger partial charge in [-0.2, -0.15) is 0 Å². The smallest absolute Gasteiger partial charge is 0.0719 e. The van der Waals surface area contributed by atoms with Gasteiger partial charge in [0.2, 0.25) is 0 Å². The summed E-state index contributed by atoms with van der Waals surface area (Å²) in [6, 6.07) is 0. The zero-order valence-corrected chi connectivity index (χ0v) is 3.13. The van der Waals surface area contributed by atoms with Crippen LogP contribution >= 0.6 is 0 Å². The first kappa shape index (κ1) is 3.64. The van der Waals surface area contributed by atoms with Crippen LogP contribution in [0.15, 0.2) is 11.8 Å². The van der Waals surface area contributed by atoms with Crippen LogP contribution in [-0.2, 0) is 0 Å². The molecule has 1 aliphatic rings. The molecule has 0 aromatic rings. The molecule has 6 heavy (non-hydrogen) atoms. The Bertz CT molecular complexity index is 86.8. The Morgan fingerprint density at radius 3 is 2.17 bits per heavy atom. The molecule has 0 atom stereocenters. The van der Waals surface area contributed by atoms with Gasteiger partial charge in [-0.05, 0) is 0 Å².